The number of fused-ring (bicyclic) bond motifs is 1. The summed E-state index contributed by atoms with van der Waals surface area (Å²) < 4.78 is 4.86. The molecule has 0 heterocycles. The van der Waals surface area contributed by atoms with E-state index in [2.05, 4.69) is 0 Å². The largest absolute Gasteiger partial charge is 0.450 e. The molecular formula is C7H9O2. The average Bonchev–Trinajstić information content (AvgIpc) is 2.37. The zero-order valence-corrected chi connectivity index (χ0v) is 5.22. The van der Waals surface area contributed by atoms with Gasteiger partial charge in [-0.2, -0.15) is 0 Å². The summed E-state index contributed by atoms with van der Waals surface area (Å²) in [5, 5.41) is 0. The molecule has 0 spiro atoms. The maximum atomic E-state index is 9.85. The monoisotopic (exact) mass is 125 g/mol. The molecule has 2 nitrogen and oxygen atoms in total. The maximum absolute atomic E-state index is 9.85. The van der Waals surface area contributed by atoms with Crippen LogP contribution in [0.15, 0.2) is 0 Å². The van der Waals surface area contributed by atoms with Crippen molar-refractivity contribution in [3.8, 4) is 0 Å². The Balaban J connectivity index is 2.02. The van der Waals surface area contributed by atoms with Crippen molar-refractivity contribution >= 4 is 6.47 Å². The van der Waals surface area contributed by atoms with E-state index in [-0.39, 0.29) is 5.60 Å². The highest BCUT2D eigenvalue weighted by atomic mass is 16.5. The molecule has 0 aliphatic heterocycles. The fourth-order valence-corrected chi connectivity index (χ4v) is 1.94. The fraction of sp³-hybridized carbons (Fsp3) is 0.857. The zero-order valence-electron chi connectivity index (χ0n) is 5.22. The second-order valence-corrected chi connectivity index (χ2v) is 3.04. The van der Waals surface area contributed by atoms with Crippen molar-refractivity contribution in [2.24, 2.45) is 5.92 Å². The first-order chi connectivity index (χ1) is 4.37. The first kappa shape index (κ1) is 5.27. The third-order valence-electron chi connectivity index (χ3n) is 2.57. The van der Waals surface area contributed by atoms with E-state index in [0.29, 0.717) is 5.92 Å². The summed E-state index contributed by atoms with van der Waals surface area (Å²) in [4.78, 5) is 9.85. The van der Waals surface area contributed by atoms with Crippen LogP contribution in [-0.4, -0.2) is 12.1 Å². The molecule has 2 heteroatoms. The minimum atomic E-state index is -0.0122. The predicted octanol–water partition coefficient (Wildman–Crippen LogP) is 1.01. The van der Waals surface area contributed by atoms with E-state index < -0.39 is 0 Å². The van der Waals surface area contributed by atoms with E-state index in [1.54, 1.807) is 6.47 Å². The van der Waals surface area contributed by atoms with Crippen molar-refractivity contribution in [1.82, 2.24) is 0 Å². The normalized spacial score (nSPS) is 46.0. The molecule has 0 N–H and O–H groups in total. The predicted molar refractivity (Wildman–Crippen MR) is 31.5 cm³/mol. The van der Waals surface area contributed by atoms with Gasteiger partial charge in [-0.25, -0.2) is 4.79 Å². The van der Waals surface area contributed by atoms with Gasteiger partial charge in [0, 0.05) is 5.92 Å². The fourth-order valence-electron chi connectivity index (χ4n) is 1.94. The molecule has 2 unspecified atom stereocenters. The summed E-state index contributed by atoms with van der Waals surface area (Å²) in [5.74, 6) is 0.693. The third-order valence-corrected chi connectivity index (χ3v) is 2.57. The lowest BCUT2D eigenvalue weighted by atomic mass is 10.2. The van der Waals surface area contributed by atoms with Crippen LogP contribution < -0.4 is 0 Å². The highest BCUT2D eigenvalue weighted by molar-refractivity contribution is 5.41. The van der Waals surface area contributed by atoms with Crippen LogP contribution in [0.3, 0.4) is 0 Å². The second-order valence-electron chi connectivity index (χ2n) is 3.04. The molecule has 2 aliphatic carbocycles. The van der Waals surface area contributed by atoms with Gasteiger partial charge in [-0.1, -0.05) is 0 Å². The third kappa shape index (κ3) is 0.590. The first-order valence-corrected chi connectivity index (χ1v) is 3.42. The Labute approximate surface area is 54.2 Å². The van der Waals surface area contributed by atoms with Crippen molar-refractivity contribution in [2.75, 3.05) is 0 Å². The number of ether oxygens (including phenoxy) is 1. The lowest BCUT2D eigenvalue weighted by molar-refractivity contribution is 0.147. The van der Waals surface area contributed by atoms with Crippen LogP contribution in [-0.2, 0) is 9.53 Å². The molecule has 2 rings (SSSR count). The van der Waals surface area contributed by atoms with Crippen LogP contribution in [0.5, 0.6) is 0 Å². The molecule has 2 fully saturated rings. The number of hydrogen-bond donors (Lipinski definition) is 0. The Bertz CT molecular complexity index is 144. The van der Waals surface area contributed by atoms with Gasteiger partial charge in [0.1, 0.15) is 5.60 Å². The van der Waals surface area contributed by atoms with Crippen molar-refractivity contribution in [3.63, 3.8) is 0 Å². The summed E-state index contributed by atoms with van der Waals surface area (Å²) in [6.07, 6.45) is 4.66. The lowest BCUT2D eigenvalue weighted by Crippen LogP contribution is -2.11. The molecule has 49 valence electrons. The van der Waals surface area contributed by atoms with Crippen molar-refractivity contribution < 1.29 is 9.53 Å². The Morgan fingerprint density at radius 3 is 3.00 bits per heavy atom. The summed E-state index contributed by atoms with van der Waals surface area (Å²) in [6, 6.07) is 0. The van der Waals surface area contributed by atoms with E-state index in [1.807, 2.05) is 0 Å². The number of hydrogen-bond acceptors (Lipinski definition) is 2. The van der Waals surface area contributed by atoms with Crippen LogP contribution in [0.2, 0.25) is 0 Å². The van der Waals surface area contributed by atoms with Gasteiger partial charge in [0.05, 0.1) is 0 Å². The van der Waals surface area contributed by atoms with Gasteiger partial charge in [0.2, 0.25) is 0 Å². The van der Waals surface area contributed by atoms with Gasteiger partial charge in [-0.3, -0.25) is 0 Å². The highest BCUT2D eigenvalue weighted by Crippen LogP contribution is 2.57. The van der Waals surface area contributed by atoms with Gasteiger partial charge in [0.25, 0.3) is 0 Å². The van der Waals surface area contributed by atoms with Gasteiger partial charge >= 0.3 is 6.47 Å². The lowest BCUT2D eigenvalue weighted by Gasteiger charge is -2.05. The molecule has 2 aliphatic rings. The minimum Gasteiger partial charge on any atom is -0.450 e. The highest BCUT2D eigenvalue weighted by Gasteiger charge is 2.59. The molecule has 9 heavy (non-hydrogen) atoms. The Morgan fingerprint density at radius 1 is 1.67 bits per heavy atom. The topological polar surface area (TPSA) is 26.3 Å². The van der Waals surface area contributed by atoms with E-state index in [1.165, 1.54) is 12.8 Å². The molecule has 0 aromatic heterocycles. The van der Waals surface area contributed by atoms with Gasteiger partial charge in [-0.05, 0) is 25.7 Å². The van der Waals surface area contributed by atoms with Gasteiger partial charge in [0.15, 0.2) is 0 Å². The molecule has 2 atom stereocenters. The molecule has 0 aromatic rings. The standard InChI is InChI=1S/C7H9O2/c8-5-9-7-3-1-2-6(7)4-7/h6H,1-4H2. The molecule has 0 amide bonds. The van der Waals surface area contributed by atoms with Crippen LogP contribution in [0.4, 0.5) is 0 Å². The smallest absolute Gasteiger partial charge is 0.418 e. The van der Waals surface area contributed by atoms with E-state index >= 15 is 0 Å². The van der Waals surface area contributed by atoms with Gasteiger partial charge in [-0.15, -0.1) is 0 Å². The van der Waals surface area contributed by atoms with E-state index in [4.69, 9.17) is 4.74 Å². The molecule has 2 saturated carbocycles. The molecule has 0 aromatic carbocycles. The van der Waals surface area contributed by atoms with Crippen LogP contribution >= 0.6 is 0 Å². The minimum absolute atomic E-state index is 0.0122. The molecule has 0 saturated heterocycles. The Morgan fingerprint density at radius 2 is 2.56 bits per heavy atom. The van der Waals surface area contributed by atoms with Crippen LogP contribution in [0.25, 0.3) is 0 Å². The Hall–Kier alpha value is -0.530. The van der Waals surface area contributed by atoms with Crippen LogP contribution in [0, 0.1) is 5.92 Å². The van der Waals surface area contributed by atoms with Crippen molar-refractivity contribution in [1.29, 1.82) is 0 Å². The van der Waals surface area contributed by atoms with Gasteiger partial charge < -0.3 is 4.74 Å². The average molecular weight is 125 g/mol. The van der Waals surface area contributed by atoms with Crippen molar-refractivity contribution in [2.45, 2.75) is 31.3 Å². The molecule has 0 bridgehead atoms. The second kappa shape index (κ2) is 1.49. The molecule has 1 radical (unpaired) electrons. The van der Waals surface area contributed by atoms with E-state index in [0.717, 1.165) is 12.8 Å². The maximum Gasteiger partial charge on any atom is 0.418 e. The number of carbonyl (C=O) groups excluding carboxylic acids is 1. The SMILES string of the molecule is O=[C]OC12CCCC1C2. The summed E-state index contributed by atoms with van der Waals surface area (Å²) >= 11 is 0. The van der Waals surface area contributed by atoms with Crippen molar-refractivity contribution in [3.05, 3.63) is 0 Å². The first-order valence-electron chi connectivity index (χ1n) is 3.42. The summed E-state index contributed by atoms with van der Waals surface area (Å²) in [5.41, 5.74) is -0.0122. The molecular weight excluding hydrogens is 116 g/mol. The van der Waals surface area contributed by atoms with E-state index in [9.17, 15) is 4.79 Å². The zero-order chi connectivity index (χ0) is 6.32. The quantitative estimate of drug-likeness (QED) is 0.550. The summed E-state index contributed by atoms with van der Waals surface area (Å²) in [6.45, 7) is 1.54. The number of rotatable bonds is 2. The Kier molecular flexibility index (Phi) is 0.875. The summed E-state index contributed by atoms with van der Waals surface area (Å²) in [7, 11) is 0. The van der Waals surface area contributed by atoms with Crippen LogP contribution in [0.1, 0.15) is 25.7 Å².